The van der Waals surface area contributed by atoms with Crippen LogP contribution in [0.4, 0.5) is 4.79 Å². The van der Waals surface area contributed by atoms with Crippen LogP contribution in [0.15, 0.2) is 22.8 Å². The molecule has 0 aromatic carbocycles. The average molecular weight is 150 g/mol. The van der Waals surface area contributed by atoms with Crippen molar-refractivity contribution in [1.82, 2.24) is 0 Å². The summed E-state index contributed by atoms with van der Waals surface area (Å²) in [6.45, 7) is 0. The van der Waals surface area contributed by atoms with Crippen LogP contribution in [0.3, 0.4) is 0 Å². The molecule has 1 aromatic heterocycles. The van der Waals surface area contributed by atoms with Gasteiger partial charge in [0.05, 0.1) is 6.26 Å². The van der Waals surface area contributed by atoms with Gasteiger partial charge in [-0.1, -0.05) is 0 Å². The Balaban J connectivity index is 0.000000810. The minimum atomic E-state index is -1.62. The van der Waals surface area contributed by atoms with Gasteiger partial charge in [-0.05, 0) is 6.07 Å². The van der Waals surface area contributed by atoms with Gasteiger partial charge in [-0.2, -0.15) is 0 Å². The second-order valence-corrected chi connectivity index (χ2v) is 1.28. The molecule has 0 atom stereocenters. The molecule has 0 aliphatic heterocycles. The molecule has 4 nitrogen and oxygen atoms in total. The van der Waals surface area contributed by atoms with E-state index >= 15 is 0 Å². The van der Waals surface area contributed by atoms with E-state index in [1.165, 1.54) is 18.4 Å². The molecule has 48 valence electrons. The molecule has 0 fully saturated rings. The monoisotopic (exact) mass is 150 g/mol. The molecule has 10 heavy (non-hydrogen) atoms. The van der Waals surface area contributed by atoms with Crippen LogP contribution in [-0.2, 0) is 0 Å². The van der Waals surface area contributed by atoms with Crippen molar-refractivity contribution in [2.45, 2.75) is 0 Å². The van der Waals surface area contributed by atoms with Crippen molar-refractivity contribution in [2.75, 3.05) is 0 Å². The van der Waals surface area contributed by atoms with E-state index < -0.39 is 6.16 Å². The summed E-state index contributed by atoms with van der Waals surface area (Å²) in [6.07, 6.45) is -0.317. The third-order valence-electron chi connectivity index (χ3n) is 0.679. The van der Waals surface area contributed by atoms with Gasteiger partial charge in [0.1, 0.15) is 0 Å². The molecule has 0 unspecified atom stereocenters. The summed E-state index contributed by atoms with van der Waals surface area (Å²) in [5.41, 5.74) is 0. The fraction of sp³-hybridized carbons (Fsp3) is 0. The van der Waals surface area contributed by atoms with Crippen molar-refractivity contribution in [3.63, 3.8) is 0 Å². The summed E-state index contributed by atoms with van der Waals surface area (Å²) < 4.78 is 8.49. The van der Waals surface area contributed by atoms with Crippen molar-refractivity contribution in [3.8, 4) is 5.95 Å². The molecule has 0 saturated carbocycles. The summed E-state index contributed by atoms with van der Waals surface area (Å²) in [6, 6.07) is 2.88. The van der Waals surface area contributed by atoms with E-state index in [4.69, 9.17) is 0 Å². The van der Waals surface area contributed by atoms with Crippen molar-refractivity contribution in [1.29, 1.82) is 0 Å². The molecule has 0 aliphatic rings. The number of hydrogen-bond donors (Lipinski definition) is 0. The first kappa shape index (κ1) is 9.55. The van der Waals surface area contributed by atoms with Crippen LogP contribution in [-0.4, -0.2) is 6.16 Å². The minimum Gasteiger partial charge on any atom is -0.484 e. The maximum absolute atomic E-state index is 9.67. The largest absolute Gasteiger partial charge is 1.00 e. The summed E-state index contributed by atoms with van der Waals surface area (Å²) in [5.74, 6) is -0.0741. The van der Waals surface area contributed by atoms with Crippen LogP contribution in [0.2, 0.25) is 0 Å². The smallest absolute Gasteiger partial charge is 0.484 e. The van der Waals surface area contributed by atoms with Gasteiger partial charge in [0.2, 0.25) is 5.95 Å². The van der Waals surface area contributed by atoms with Crippen LogP contribution < -0.4 is 39.4 Å². The Morgan fingerprint density at radius 3 is 2.80 bits per heavy atom. The van der Waals surface area contributed by atoms with Gasteiger partial charge in [0, 0.05) is 6.07 Å². The molecule has 1 rings (SSSR count). The van der Waals surface area contributed by atoms with E-state index in [0.29, 0.717) is 0 Å². The molecule has 1 heterocycles. The molecule has 0 radical (unpaired) electrons. The third kappa shape index (κ3) is 2.91. The van der Waals surface area contributed by atoms with Crippen molar-refractivity contribution in [3.05, 3.63) is 18.4 Å². The van der Waals surface area contributed by atoms with E-state index in [1.807, 2.05) is 0 Å². The van der Waals surface area contributed by atoms with Crippen LogP contribution in [0.5, 0.6) is 5.95 Å². The second-order valence-electron chi connectivity index (χ2n) is 1.28. The molecule has 0 saturated heterocycles. The van der Waals surface area contributed by atoms with Crippen LogP contribution in [0.25, 0.3) is 0 Å². The third-order valence-corrected chi connectivity index (χ3v) is 0.679. The second kappa shape index (κ2) is 4.38. The number of ether oxygens (including phenoxy) is 1. The normalized spacial score (nSPS) is 8.00. The fourth-order valence-corrected chi connectivity index (χ4v) is 0.404. The maximum atomic E-state index is 9.67. The topological polar surface area (TPSA) is 62.5 Å². The molecule has 0 bridgehead atoms. The summed E-state index contributed by atoms with van der Waals surface area (Å²) >= 11 is 0. The average Bonchev–Trinajstić information content (AvgIpc) is 2.15. The van der Waals surface area contributed by atoms with Gasteiger partial charge in [0.25, 0.3) is 6.16 Å². The van der Waals surface area contributed by atoms with E-state index in [0.717, 1.165) is 0 Å². The fourth-order valence-electron chi connectivity index (χ4n) is 0.404. The number of rotatable bonds is 1. The molecule has 0 spiro atoms. The van der Waals surface area contributed by atoms with Crippen molar-refractivity contribution >= 4 is 6.16 Å². The molecule has 0 aliphatic carbocycles. The van der Waals surface area contributed by atoms with Gasteiger partial charge in [-0.3, -0.25) is 0 Å². The number of carbonyl (C=O) groups is 1. The van der Waals surface area contributed by atoms with E-state index in [-0.39, 0.29) is 35.5 Å². The van der Waals surface area contributed by atoms with E-state index in [9.17, 15) is 9.90 Å². The first-order valence-electron chi connectivity index (χ1n) is 2.21. The van der Waals surface area contributed by atoms with Crippen molar-refractivity contribution in [2.24, 2.45) is 0 Å². The Bertz CT molecular complexity index is 193. The molecule has 5 heteroatoms. The number of furan rings is 1. The zero-order valence-corrected chi connectivity index (χ0v) is 7.37. The first-order chi connectivity index (χ1) is 4.29. The zero-order valence-electron chi connectivity index (χ0n) is 5.37. The van der Waals surface area contributed by atoms with E-state index in [2.05, 4.69) is 9.15 Å². The van der Waals surface area contributed by atoms with Gasteiger partial charge in [-0.15, -0.1) is 0 Å². The molecule has 0 amide bonds. The standard InChI is InChI=1S/C5H4O4.Na/c6-5(7)9-4-2-1-3-8-4;/h1-3H,(H,6,7);/q;+1/p-1. The Morgan fingerprint density at radius 2 is 2.40 bits per heavy atom. The van der Waals surface area contributed by atoms with E-state index in [1.54, 1.807) is 0 Å². The Kier molecular flexibility index (Phi) is 4.18. The predicted molar refractivity (Wildman–Crippen MR) is 24.7 cm³/mol. The Labute approximate surface area is 79.1 Å². The SMILES string of the molecule is O=C([O-])Oc1ccco1.[Na+]. The number of carbonyl (C=O) groups excluding carboxylic acids is 1. The molecular weight excluding hydrogens is 147 g/mol. The summed E-state index contributed by atoms with van der Waals surface area (Å²) in [4.78, 5) is 9.67. The maximum Gasteiger partial charge on any atom is 1.00 e. The summed E-state index contributed by atoms with van der Waals surface area (Å²) in [7, 11) is 0. The van der Waals surface area contributed by atoms with Crippen LogP contribution >= 0.6 is 0 Å². The molecule has 1 aromatic rings. The molecular formula is C5H3NaO4. The zero-order chi connectivity index (χ0) is 6.69. The predicted octanol–water partition coefficient (Wildman–Crippen LogP) is -2.99. The Morgan fingerprint density at radius 1 is 1.70 bits per heavy atom. The van der Waals surface area contributed by atoms with Crippen LogP contribution in [0, 0.1) is 0 Å². The minimum absolute atomic E-state index is 0. The van der Waals surface area contributed by atoms with Crippen molar-refractivity contribution < 1.29 is 48.6 Å². The first-order valence-corrected chi connectivity index (χ1v) is 2.21. The quantitative estimate of drug-likeness (QED) is 0.316. The van der Waals surface area contributed by atoms with Gasteiger partial charge in [-0.25, -0.2) is 0 Å². The van der Waals surface area contributed by atoms with Crippen LogP contribution in [0.1, 0.15) is 0 Å². The summed E-state index contributed by atoms with van der Waals surface area (Å²) in [5, 5.41) is 9.67. The van der Waals surface area contributed by atoms with Gasteiger partial charge in [0.15, 0.2) is 0 Å². The van der Waals surface area contributed by atoms with Gasteiger partial charge < -0.3 is 19.1 Å². The molecule has 0 N–H and O–H groups in total. The Hall–Kier alpha value is -0.450. The number of carboxylic acid groups (broad SMARTS) is 1. The number of hydrogen-bond acceptors (Lipinski definition) is 4. The van der Waals surface area contributed by atoms with Gasteiger partial charge >= 0.3 is 29.6 Å².